The third-order valence-corrected chi connectivity index (χ3v) is 6.56. The second-order valence-electron chi connectivity index (χ2n) is 8.54. The highest BCUT2D eigenvalue weighted by atomic mass is 16.2. The van der Waals surface area contributed by atoms with Gasteiger partial charge in [-0.2, -0.15) is 0 Å². The summed E-state index contributed by atoms with van der Waals surface area (Å²) in [6, 6.07) is 10.3. The van der Waals surface area contributed by atoms with Gasteiger partial charge in [0.05, 0.1) is 0 Å². The van der Waals surface area contributed by atoms with E-state index < -0.39 is 0 Å². The average Bonchev–Trinajstić information content (AvgIpc) is 2.75. The van der Waals surface area contributed by atoms with Gasteiger partial charge in [-0.1, -0.05) is 49.6 Å². The molecule has 2 aliphatic rings. The van der Waals surface area contributed by atoms with Gasteiger partial charge in [-0.25, -0.2) is 0 Å². The molecule has 1 aliphatic carbocycles. The van der Waals surface area contributed by atoms with Gasteiger partial charge in [0.1, 0.15) is 0 Å². The van der Waals surface area contributed by atoms with Crippen LogP contribution < -0.4 is 5.73 Å². The van der Waals surface area contributed by atoms with E-state index in [1.54, 1.807) is 0 Å². The third kappa shape index (κ3) is 5.57. The van der Waals surface area contributed by atoms with Gasteiger partial charge in [0, 0.05) is 39.0 Å². The number of carbonyl (C=O) groups excluding carboxylic acids is 2. The Kier molecular flexibility index (Phi) is 7.49. The quantitative estimate of drug-likeness (QED) is 0.785. The first kappa shape index (κ1) is 20.8. The third-order valence-electron chi connectivity index (χ3n) is 6.56. The molecule has 2 fully saturated rings. The minimum atomic E-state index is 0.0136. The van der Waals surface area contributed by atoms with Crippen LogP contribution in [0.2, 0.25) is 0 Å². The first-order valence-corrected chi connectivity index (χ1v) is 10.9. The van der Waals surface area contributed by atoms with Crippen molar-refractivity contribution in [3.05, 3.63) is 35.9 Å². The van der Waals surface area contributed by atoms with Crippen molar-refractivity contribution >= 4 is 11.8 Å². The van der Waals surface area contributed by atoms with Crippen molar-refractivity contribution in [2.45, 2.75) is 57.8 Å². The van der Waals surface area contributed by atoms with E-state index in [9.17, 15) is 9.59 Å². The van der Waals surface area contributed by atoms with E-state index in [1.807, 2.05) is 28.0 Å². The second kappa shape index (κ2) is 10.1. The molecule has 1 heterocycles. The fourth-order valence-corrected chi connectivity index (χ4v) is 4.64. The van der Waals surface area contributed by atoms with Crippen LogP contribution in [0, 0.1) is 5.41 Å². The topological polar surface area (TPSA) is 66.6 Å². The summed E-state index contributed by atoms with van der Waals surface area (Å²) in [5.41, 5.74) is 7.34. The molecule has 5 heteroatoms. The van der Waals surface area contributed by atoms with Gasteiger partial charge < -0.3 is 15.5 Å². The van der Waals surface area contributed by atoms with Crippen molar-refractivity contribution in [1.82, 2.24) is 9.80 Å². The highest BCUT2D eigenvalue weighted by molar-refractivity contribution is 5.79. The van der Waals surface area contributed by atoms with Gasteiger partial charge in [0.25, 0.3) is 0 Å². The van der Waals surface area contributed by atoms with Crippen molar-refractivity contribution < 1.29 is 9.59 Å². The van der Waals surface area contributed by atoms with Gasteiger partial charge in [0.15, 0.2) is 0 Å². The van der Waals surface area contributed by atoms with Gasteiger partial charge in [-0.3, -0.25) is 9.59 Å². The second-order valence-corrected chi connectivity index (χ2v) is 8.54. The molecule has 2 amide bonds. The Morgan fingerprint density at radius 3 is 2.11 bits per heavy atom. The van der Waals surface area contributed by atoms with Crippen LogP contribution in [0.25, 0.3) is 0 Å². The Morgan fingerprint density at radius 1 is 0.893 bits per heavy atom. The largest absolute Gasteiger partial charge is 0.339 e. The Bertz CT molecular complexity index is 633. The van der Waals surface area contributed by atoms with Gasteiger partial charge >= 0.3 is 0 Å². The molecule has 0 radical (unpaired) electrons. The van der Waals surface area contributed by atoms with E-state index in [-0.39, 0.29) is 17.2 Å². The lowest BCUT2D eigenvalue weighted by Crippen LogP contribution is -2.51. The number of hydrogen-bond donors (Lipinski definition) is 1. The van der Waals surface area contributed by atoms with Gasteiger partial charge in [-0.15, -0.1) is 0 Å². The maximum atomic E-state index is 12.8. The number of nitrogens with zero attached hydrogens (tertiary/aromatic N) is 2. The molecule has 1 aromatic carbocycles. The first-order chi connectivity index (χ1) is 13.6. The summed E-state index contributed by atoms with van der Waals surface area (Å²) in [4.78, 5) is 29.2. The molecule has 1 aromatic rings. The molecule has 0 unspecified atom stereocenters. The summed E-state index contributed by atoms with van der Waals surface area (Å²) < 4.78 is 0. The Hall–Kier alpha value is -1.88. The van der Waals surface area contributed by atoms with Crippen LogP contribution >= 0.6 is 0 Å². The first-order valence-electron chi connectivity index (χ1n) is 10.9. The summed E-state index contributed by atoms with van der Waals surface area (Å²) >= 11 is 0. The zero-order valence-corrected chi connectivity index (χ0v) is 17.1. The fourth-order valence-electron chi connectivity index (χ4n) is 4.64. The molecule has 0 aromatic heterocycles. The molecule has 0 atom stereocenters. The Labute approximate surface area is 169 Å². The molecule has 28 heavy (non-hydrogen) atoms. The number of benzene rings is 1. The molecule has 5 nitrogen and oxygen atoms in total. The lowest BCUT2D eigenvalue weighted by atomic mass is 9.71. The minimum Gasteiger partial charge on any atom is -0.339 e. The SMILES string of the molecule is NCC1(CC(=O)N2CCN(C(=O)CCCc3ccccc3)CC2)CCCCC1. The number of piperazine rings is 1. The van der Waals surface area contributed by atoms with Gasteiger partial charge in [-0.05, 0) is 43.2 Å². The van der Waals surface area contributed by atoms with Crippen LogP contribution in [0.1, 0.15) is 56.9 Å². The number of rotatable bonds is 7. The number of carbonyl (C=O) groups is 2. The molecular weight excluding hydrogens is 350 g/mol. The van der Waals surface area contributed by atoms with E-state index >= 15 is 0 Å². The molecule has 1 saturated heterocycles. The molecule has 2 N–H and O–H groups in total. The summed E-state index contributed by atoms with van der Waals surface area (Å²) in [7, 11) is 0. The molecular formula is C23H35N3O2. The molecule has 1 saturated carbocycles. The highest BCUT2D eigenvalue weighted by Crippen LogP contribution is 2.38. The molecule has 1 aliphatic heterocycles. The number of nitrogens with two attached hydrogens (primary N) is 1. The minimum absolute atomic E-state index is 0.0136. The maximum Gasteiger partial charge on any atom is 0.223 e. The van der Waals surface area contributed by atoms with Crippen molar-refractivity contribution in [3.8, 4) is 0 Å². The zero-order valence-electron chi connectivity index (χ0n) is 17.1. The standard InChI is InChI=1S/C23H35N3O2/c24-19-23(12-5-2-6-13-23)18-22(28)26-16-14-25(15-17-26)21(27)11-7-10-20-8-3-1-4-9-20/h1,3-4,8-9H,2,5-7,10-19,24H2. The molecule has 3 rings (SSSR count). The van der Waals surface area contributed by atoms with Crippen molar-refractivity contribution in [1.29, 1.82) is 0 Å². The van der Waals surface area contributed by atoms with E-state index in [1.165, 1.54) is 24.8 Å². The van der Waals surface area contributed by atoms with Crippen LogP contribution in [0.3, 0.4) is 0 Å². The van der Waals surface area contributed by atoms with Crippen molar-refractivity contribution in [2.75, 3.05) is 32.7 Å². The van der Waals surface area contributed by atoms with Crippen LogP contribution in [0.4, 0.5) is 0 Å². The number of hydrogen-bond acceptors (Lipinski definition) is 3. The predicted molar refractivity (Wildman–Crippen MR) is 112 cm³/mol. The van der Waals surface area contributed by atoms with Crippen LogP contribution in [0.15, 0.2) is 30.3 Å². The van der Waals surface area contributed by atoms with E-state index in [4.69, 9.17) is 5.73 Å². The number of amides is 2. The smallest absolute Gasteiger partial charge is 0.223 e. The molecule has 154 valence electrons. The normalized spacial score (nSPS) is 19.5. The lowest BCUT2D eigenvalue weighted by Gasteiger charge is -2.39. The monoisotopic (exact) mass is 385 g/mol. The maximum absolute atomic E-state index is 12.8. The molecule has 0 bridgehead atoms. The Balaban J connectivity index is 1.39. The lowest BCUT2D eigenvalue weighted by molar-refractivity contribution is -0.141. The predicted octanol–water partition coefficient (Wildman–Crippen LogP) is 2.98. The zero-order chi connectivity index (χ0) is 19.8. The summed E-state index contributed by atoms with van der Waals surface area (Å²) in [5, 5.41) is 0. The fraction of sp³-hybridized carbons (Fsp3) is 0.652. The van der Waals surface area contributed by atoms with Crippen LogP contribution in [-0.4, -0.2) is 54.3 Å². The van der Waals surface area contributed by atoms with Crippen LogP contribution in [0.5, 0.6) is 0 Å². The summed E-state index contributed by atoms with van der Waals surface area (Å²) in [6.07, 6.45) is 8.78. The van der Waals surface area contributed by atoms with E-state index in [0.29, 0.717) is 45.6 Å². The van der Waals surface area contributed by atoms with E-state index in [0.717, 1.165) is 25.7 Å². The highest BCUT2D eigenvalue weighted by Gasteiger charge is 2.35. The van der Waals surface area contributed by atoms with Gasteiger partial charge in [0.2, 0.25) is 11.8 Å². The number of aryl methyl sites for hydroxylation is 1. The van der Waals surface area contributed by atoms with Crippen LogP contribution in [-0.2, 0) is 16.0 Å². The van der Waals surface area contributed by atoms with Crippen molar-refractivity contribution in [3.63, 3.8) is 0 Å². The summed E-state index contributed by atoms with van der Waals surface area (Å²) in [5.74, 6) is 0.442. The molecule has 0 spiro atoms. The van der Waals surface area contributed by atoms with Crippen molar-refractivity contribution in [2.24, 2.45) is 11.1 Å². The Morgan fingerprint density at radius 2 is 1.50 bits per heavy atom. The average molecular weight is 386 g/mol. The van der Waals surface area contributed by atoms with E-state index in [2.05, 4.69) is 12.1 Å². The summed E-state index contributed by atoms with van der Waals surface area (Å²) in [6.45, 7) is 3.24.